The van der Waals surface area contributed by atoms with Crippen LogP contribution in [0, 0.1) is 52.3 Å². The molecule has 0 radical (unpaired) electrons. The standard InChI is InChI=1S/C27H46O6/c1-14(2)10-22(29)24(31)15(3)17-6-7-18-16-13-33-25(32)20-11-21(28)23(30)12-27(20,5)19(16)8-9-26(17,18)4/h14-24,28-31H,6-13H2,1-5H3/t15-,16-,17+,18-,19-,20+,21-,22+,23+,24+,26+,27+/m0/s1. The van der Waals surface area contributed by atoms with Gasteiger partial charge < -0.3 is 25.2 Å². The maximum absolute atomic E-state index is 13.0. The van der Waals surface area contributed by atoms with E-state index in [4.69, 9.17) is 4.74 Å². The Bertz CT molecular complexity index is 725. The highest BCUT2D eigenvalue weighted by Crippen LogP contribution is 2.66. The van der Waals surface area contributed by atoms with E-state index in [1.54, 1.807) is 0 Å². The Morgan fingerprint density at radius 1 is 1.00 bits per heavy atom. The monoisotopic (exact) mass is 466 g/mol. The van der Waals surface area contributed by atoms with Gasteiger partial charge in [0.05, 0.1) is 36.9 Å². The van der Waals surface area contributed by atoms with Gasteiger partial charge in [-0.2, -0.15) is 0 Å². The zero-order chi connectivity index (χ0) is 24.3. The molecule has 4 N–H and O–H groups in total. The largest absolute Gasteiger partial charge is 0.465 e. The quantitative estimate of drug-likeness (QED) is 0.464. The summed E-state index contributed by atoms with van der Waals surface area (Å²) in [7, 11) is 0. The van der Waals surface area contributed by atoms with Gasteiger partial charge in [0.2, 0.25) is 0 Å². The highest BCUT2D eigenvalue weighted by molar-refractivity contribution is 5.74. The van der Waals surface area contributed by atoms with E-state index in [0.29, 0.717) is 37.2 Å². The summed E-state index contributed by atoms with van der Waals surface area (Å²) >= 11 is 0. The number of aliphatic hydroxyl groups excluding tert-OH is 4. The molecule has 0 amide bonds. The molecule has 1 aliphatic heterocycles. The lowest BCUT2D eigenvalue weighted by molar-refractivity contribution is -0.162. The lowest BCUT2D eigenvalue weighted by Crippen LogP contribution is -2.55. The summed E-state index contributed by atoms with van der Waals surface area (Å²) in [4.78, 5) is 13.0. The zero-order valence-electron chi connectivity index (χ0n) is 21.1. The van der Waals surface area contributed by atoms with Crippen LogP contribution in [0.3, 0.4) is 0 Å². The third-order valence-electron chi connectivity index (χ3n) is 10.7. The Balaban J connectivity index is 1.57. The van der Waals surface area contributed by atoms with Crippen LogP contribution < -0.4 is 0 Å². The van der Waals surface area contributed by atoms with E-state index in [0.717, 1.165) is 25.7 Å². The molecule has 4 aliphatic rings. The van der Waals surface area contributed by atoms with Gasteiger partial charge in [-0.1, -0.05) is 34.6 Å². The van der Waals surface area contributed by atoms with Crippen molar-refractivity contribution >= 4 is 5.97 Å². The van der Waals surface area contributed by atoms with Crippen molar-refractivity contribution in [2.45, 2.75) is 104 Å². The van der Waals surface area contributed by atoms with E-state index in [1.807, 2.05) is 0 Å². The van der Waals surface area contributed by atoms with Gasteiger partial charge >= 0.3 is 5.97 Å². The van der Waals surface area contributed by atoms with Crippen LogP contribution in [0.25, 0.3) is 0 Å². The number of cyclic esters (lactones) is 1. The van der Waals surface area contributed by atoms with Gasteiger partial charge in [-0.3, -0.25) is 4.79 Å². The maximum atomic E-state index is 13.0. The van der Waals surface area contributed by atoms with Crippen molar-refractivity contribution in [1.82, 2.24) is 0 Å². The normalized spacial score (nSPS) is 48.2. The van der Waals surface area contributed by atoms with Crippen molar-refractivity contribution in [2.24, 2.45) is 52.3 Å². The first-order chi connectivity index (χ1) is 15.4. The first-order valence-corrected chi connectivity index (χ1v) is 13.3. The summed E-state index contributed by atoms with van der Waals surface area (Å²) in [5.74, 6) is 0.998. The molecule has 0 spiro atoms. The molecule has 4 rings (SSSR count). The lowest BCUT2D eigenvalue weighted by Gasteiger charge is -2.56. The summed E-state index contributed by atoms with van der Waals surface area (Å²) in [6, 6.07) is 0. The van der Waals surface area contributed by atoms with Crippen LogP contribution in [0.5, 0.6) is 0 Å². The van der Waals surface area contributed by atoms with Crippen molar-refractivity contribution in [3.05, 3.63) is 0 Å². The number of aliphatic hydroxyl groups is 4. The van der Waals surface area contributed by atoms with Crippen LogP contribution in [0.1, 0.15) is 79.6 Å². The maximum Gasteiger partial charge on any atom is 0.309 e. The van der Waals surface area contributed by atoms with E-state index < -0.39 is 24.4 Å². The second-order valence-electron chi connectivity index (χ2n) is 12.9. The van der Waals surface area contributed by atoms with Crippen molar-refractivity contribution in [3.63, 3.8) is 0 Å². The van der Waals surface area contributed by atoms with Crippen LogP contribution in [0.4, 0.5) is 0 Å². The summed E-state index contributed by atoms with van der Waals surface area (Å²) in [6.07, 6.45) is 2.30. The molecule has 190 valence electrons. The third kappa shape index (κ3) is 4.17. The summed E-state index contributed by atoms with van der Waals surface area (Å²) < 4.78 is 5.85. The van der Waals surface area contributed by atoms with Gasteiger partial charge in [-0.05, 0) is 91.3 Å². The minimum absolute atomic E-state index is 0.00798. The number of carbonyl (C=O) groups is 1. The molecule has 0 aromatic heterocycles. The molecule has 1 heterocycles. The Hall–Kier alpha value is -0.690. The van der Waals surface area contributed by atoms with Gasteiger partial charge in [0.1, 0.15) is 0 Å². The molecule has 33 heavy (non-hydrogen) atoms. The average Bonchev–Trinajstić information content (AvgIpc) is 3.05. The number of hydrogen-bond donors (Lipinski definition) is 4. The van der Waals surface area contributed by atoms with Crippen LogP contribution in [-0.4, -0.2) is 57.4 Å². The number of fused-ring (bicyclic) bond motifs is 5. The molecule has 3 aliphatic carbocycles. The number of rotatable bonds is 5. The van der Waals surface area contributed by atoms with Crippen LogP contribution in [0.2, 0.25) is 0 Å². The molecule has 6 nitrogen and oxygen atoms in total. The molecule has 4 fully saturated rings. The van der Waals surface area contributed by atoms with Crippen molar-refractivity contribution in [3.8, 4) is 0 Å². The smallest absolute Gasteiger partial charge is 0.309 e. The second kappa shape index (κ2) is 9.07. The van der Waals surface area contributed by atoms with Crippen LogP contribution >= 0.6 is 0 Å². The van der Waals surface area contributed by atoms with Crippen molar-refractivity contribution < 1.29 is 30.0 Å². The summed E-state index contributed by atoms with van der Waals surface area (Å²) in [6.45, 7) is 11.1. The van der Waals surface area contributed by atoms with E-state index in [2.05, 4.69) is 34.6 Å². The molecule has 1 saturated heterocycles. The fourth-order valence-electron chi connectivity index (χ4n) is 8.90. The minimum Gasteiger partial charge on any atom is -0.465 e. The molecule has 0 unspecified atom stereocenters. The number of esters is 1. The van der Waals surface area contributed by atoms with Gasteiger partial charge in [-0.25, -0.2) is 0 Å². The van der Waals surface area contributed by atoms with Crippen LogP contribution in [-0.2, 0) is 9.53 Å². The Morgan fingerprint density at radius 2 is 1.67 bits per heavy atom. The third-order valence-corrected chi connectivity index (χ3v) is 10.7. The minimum atomic E-state index is -0.864. The molecule has 3 saturated carbocycles. The van der Waals surface area contributed by atoms with Gasteiger partial charge in [0, 0.05) is 0 Å². The molecule has 0 aromatic rings. The second-order valence-corrected chi connectivity index (χ2v) is 12.9. The van der Waals surface area contributed by atoms with Gasteiger partial charge in [0.15, 0.2) is 0 Å². The van der Waals surface area contributed by atoms with Crippen LogP contribution in [0.15, 0.2) is 0 Å². The molecule has 12 atom stereocenters. The predicted octanol–water partition coefficient (Wildman–Crippen LogP) is 3.14. The first-order valence-electron chi connectivity index (χ1n) is 13.3. The summed E-state index contributed by atoms with van der Waals surface area (Å²) in [5, 5.41) is 42.4. The van der Waals surface area contributed by atoms with Gasteiger partial charge in [0.25, 0.3) is 0 Å². The van der Waals surface area contributed by atoms with E-state index in [9.17, 15) is 25.2 Å². The fraction of sp³-hybridized carbons (Fsp3) is 0.963. The number of ether oxygens (including phenoxy) is 1. The SMILES string of the molecule is CC(C)C[C@@H](O)[C@H](O)[C@@H](C)[C@H]1CC[C@H]2[C@@H]3COC(=O)[C@H]4C[C@H](O)[C@H](O)C[C@]4(C)[C@H]3CC[C@]12C. The number of hydrogen-bond acceptors (Lipinski definition) is 6. The predicted molar refractivity (Wildman–Crippen MR) is 125 cm³/mol. The molecule has 0 aromatic carbocycles. The van der Waals surface area contributed by atoms with Gasteiger partial charge in [-0.15, -0.1) is 0 Å². The number of carbonyl (C=O) groups excluding carboxylic acids is 1. The topological polar surface area (TPSA) is 107 Å². The Morgan fingerprint density at radius 3 is 2.33 bits per heavy atom. The zero-order valence-corrected chi connectivity index (χ0v) is 21.1. The van der Waals surface area contributed by atoms with E-state index >= 15 is 0 Å². The Kier molecular flexibility index (Phi) is 6.98. The molecular weight excluding hydrogens is 420 g/mol. The lowest BCUT2D eigenvalue weighted by atomic mass is 9.48. The molecular formula is C27H46O6. The molecule has 6 heteroatoms. The highest BCUT2D eigenvalue weighted by atomic mass is 16.5. The summed E-state index contributed by atoms with van der Waals surface area (Å²) in [5.41, 5.74) is -0.330. The molecule has 0 bridgehead atoms. The van der Waals surface area contributed by atoms with Crippen molar-refractivity contribution in [1.29, 1.82) is 0 Å². The average molecular weight is 467 g/mol. The first kappa shape index (κ1) is 25.4. The fourth-order valence-corrected chi connectivity index (χ4v) is 8.90. The van der Waals surface area contributed by atoms with Crippen molar-refractivity contribution in [2.75, 3.05) is 6.61 Å². The van der Waals surface area contributed by atoms with E-state index in [1.165, 1.54) is 0 Å². The highest BCUT2D eigenvalue weighted by Gasteiger charge is 2.63. The van der Waals surface area contributed by atoms with E-state index in [-0.39, 0.29) is 46.9 Å². The Labute approximate surface area is 199 Å².